The summed E-state index contributed by atoms with van der Waals surface area (Å²) in [5, 5.41) is 0. The van der Waals surface area contributed by atoms with Crippen LogP contribution in [0.1, 0.15) is 25.3 Å². The third-order valence-electron chi connectivity index (χ3n) is 3.12. The zero-order chi connectivity index (χ0) is 10.8. The Morgan fingerprint density at radius 2 is 1.93 bits per heavy atom. The molecule has 0 bridgehead atoms. The molecule has 1 aromatic carbocycles. The first-order chi connectivity index (χ1) is 7.20. The van der Waals surface area contributed by atoms with Gasteiger partial charge in [-0.3, -0.25) is 0 Å². The van der Waals surface area contributed by atoms with Crippen LogP contribution in [0.4, 0.5) is 5.69 Å². The summed E-state index contributed by atoms with van der Waals surface area (Å²) in [6.07, 6.45) is 6.55. The van der Waals surface area contributed by atoms with Crippen molar-refractivity contribution < 1.29 is 0 Å². The maximum atomic E-state index is 6.02. The van der Waals surface area contributed by atoms with E-state index in [1.807, 2.05) is 12.1 Å². The van der Waals surface area contributed by atoms with Crippen LogP contribution in [0, 0.1) is 5.92 Å². The fourth-order valence-electron chi connectivity index (χ4n) is 2.33. The number of allylic oxidation sites excluding steroid dienone is 4. The Labute approximate surface area is 91.3 Å². The maximum Gasteiger partial charge on any atom is 0.0352 e. The number of hydrogen-bond acceptors (Lipinski definition) is 1. The van der Waals surface area contributed by atoms with Gasteiger partial charge >= 0.3 is 0 Å². The first kappa shape index (κ1) is 10.0. The molecule has 78 valence electrons. The molecule has 1 heteroatoms. The van der Waals surface area contributed by atoms with E-state index >= 15 is 0 Å². The number of nitrogens with two attached hydrogens (primary N) is 1. The summed E-state index contributed by atoms with van der Waals surface area (Å²) in [5.74, 6) is 0.968. The topological polar surface area (TPSA) is 26.0 Å². The molecule has 1 aliphatic carbocycles. The number of para-hydroxylation sites is 1. The minimum atomic E-state index is 0.441. The van der Waals surface area contributed by atoms with E-state index in [0.29, 0.717) is 11.8 Å². The highest BCUT2D eigenvalue weighted by atomic mass is 14.6. The average molecular weight is 199 g/mol. The van der Waals surface area contributed by atoms with E-state index in [2.05, 4.69) is 44.2 Å². The van der Waals surface area contributed by atoms with Crippen molar-refractivity contribution in [2.24, 2.45) is 5.92 Å². The smallest absolute Gasteiger partial charge is 0.0352 e. The molecular formula is C14H17N. The van der Waals surface area contributed by atoms with Gasteiger partial charge in [-0.2, -0.15) is 0 Å². The number of benzene rings is 1. The summed E-state index contributed by atoms with van der Waals surface area (Å²) in [7, 11) is 0. The Morgan fingerprint density at radius 3 is 2.60 bits per heavy atom. The van der Waals surface area contributed by atoms with Crippen molar-refractivity contribution in [3.8, 4) is 0 Å². The van der Waals surface area contributed by atoms with Gasteiger partial charge in [0.15, 0.2) is 0 Å². The van der Waals surface area contributed by atoms with E-state index in [1.54, 1.807) is 0 Å². The minimum absolute atomic E-state index is 0.441. The van der Waals surface area contributed by atoms with Crippen molar-refractivity contribution in [3.05, 3.63) is 53.6 Å². The molecule has 0 saturated heterocycles. The Morgan fingerprint density at radius 1 is 1.20 bits per heavy atom. The first-order valence-electron chi connectivity index (χ1n) is 5.39. The zero-order valence-corrected chi connectivity index (χ0v) is 9.27. The summed E-state index contributed by atoms with van der Waals surface area (Å²) >= 11 is 0. The Bertz CT molecular complexity index is 415. The molecular weight excluding hydrogens is 182 g/mol. The second-order valence-corrected chi connectivity index (χ2v) is 4.26. The minimum Gasteiger partial charge on any atom is -0.398 e. The summed E-state index contributed by atoms with van der Waals surface area (Å²) in [6, 6.07) is 8.16. The van der Waals surface area contributed by atoms with Crippen LogP contribution in [0.15, 0.2) is 48.1 Å². The summed E-state index contributed by atoms with van der Waals surface area (Å²) < 4.78 is 0. The average Bonchev–Trinajstić information content (AvgIpc) is 2.20. The van der Waals surface area contributed by atoms with Gasteiger partial charge in [-0.25, -0.2) is 0 Å². The molecule has 0 amide bonds. The maximum absolute atomic E-state index is 6.02. The number of rotatable bonds is 1. The highest BCUT2D eigenvalue weighted by molar-refractivity contribution is 5.52. The largest absolute Gasteiger partial charge is 0.398 e. The molecule has 0 aromatic heterocycles. The van der Waals surface area contributed by atoms with Crippen molar-refractivity contribution in [3.63, 3.8) is 0 Å². The van der Waals surface area contributed by atoms with Gasteiger partial charge in [0.25, 0.3) is 0 Å². The molecule has 0 aliphatic heterocycles. The van der Waals surface area contributed by atoms with E-state index in [1.165, 1.54) is 11.1 Å². The predicted octanol–water partition coefficient (Wildman–Crippen LogP) is 3.50. The molecule has 15 heavy (non-hydrogen) atoms. The highest BCUT2D eigenvalue weighted by Gasteiger charge is 2.22. The lowest BCUT2D eigenvalue weighted by molar-refractivity contribution is 0.607. The number of nitrogen functional groups attached to an aromatic ring is 1. The van der Waals surface area contributed by atoms with Crippen LogP contribution in [-0.2, 0) is 0 Å². The van der Waals surface area contributed by atoms with Gasteiger partial charge in [0.1, 0.15) is 0 Å². The molecule has 1 nitrogen and oxygen atoms in total. The molecule has 1 aromatic rings. The molecule has 1 aliphatic rings. The summed E-state index contributed by atoms with van der Waals surface area (Å²) in [6.45, 7) is 4.42. The molecule has 2 N–H and O–H groups in total. The van der Waals surface area contributed by atoms with Crippen molar-refractivity contribution in [2.75, 3.05) is 5.73 Å². The predicted molar refractivity (Wildman–Crippen MR) is 65.7 cm³/mol. The first-order valence-corrected chi connectivity index (χ1v) is 5.39. The Balaban J connectivity index is 2.43. The van der Waals surface area contributed by atoms with Crippen LogP contribution in [-0.4, -0.2) is 0 Å². The fourth-order valence-corrected chi connectivity index (χ4v) is 2.33. The SMILES string of the molecule is CC1=CC=CC(C)C1c1ccccc1N. The fraction of sp³-hybridized carbons (Fsp3) is 0.286. The number of hydrogen-bond donors (Lipinski definition) is 1. The second-order valence-electron chi connectivity index (χ2n) is 4.26. The molecule has 2 rings (SSSR count). The van der Waals surface area contributed by atoms with E-state index in [9.17, 15) is 0 Å². The summed E-state index contributed by atoms with van der Waals surface area (Å²) in [5.41, 5.74) is 9.57. The van der Waals surface area contributed by atoms with Crippen LogP contribution in [0.5, 0.6) is 0 Å². The summed E-state index contributed by atoms with van der Waals surface area (Å²) in [4.78, 5) is 0. The van der Waals surface area contributed by atoms with Crippen LogP contribution < -0.4 is 5.73 Å². The Hall–Kier alpha value is -1.50. The van der Waals surface area contributed by atoms with Gasteiger partial charge in [-0.15, -0.1) is 0 Å². The van der Waals surface area contributed by atoms with E-state index < -0.39 is 0 Å². The van der Waals surface area contributed by atoms with E-state index in [4.69, 9.17) is 5.73 Å². The monoisotopic (exact) mass is 199 g/mol. The molecule has 2 unspecified atom stereocenters. The standard InChI is InChI=1S/C14H17N/c1-10-6-5-7-11(2)14(10)12-8-3-4-9-13(12)15/h3-10,14H,15H2,1-2H3. The van der Waals surface area contributed by atoms with Gasteiger partial charge in [0.2, 0.25) is 0 Å². The lowest BCUT2D eigenvalue weighted by atomic mass is 9.78. The van der Waals surface area contributed by atoms with Gasteiger partial charge in [0.05, 0.1) is 0 Å². The van der Waals surface area contributed by atoms with Gasteiger partial charge < -0.3 is 5.73 Å². The third kappa shape index (κ3) is 1.82. The van der Waals surface area contributed by atoms with E-state index in [-0.39, 0.29) is 0 Å². The zero-order valence-electron chi connectivity index (χ0n) is 9.27. The van der Waals surface area contributed by atoms with Gasteiger partial charge in [-0.05, 0) is 24.5 Å². The molecule has 0 fully saturated rings. The van der Waals surface area contributed by atoms with Crippen molar-refractivity contribution in [1.29, 1.82) is 0 Å². The van der Waals surface area contributed by atoms with Gasteiger partial charge in [0, 0.05) is 11.6 Å². The lowest BCUT2D eigenvalue weighted by Gasteiger charge is -2.26. The Kier molecular flexibility index (Phi) is 2.63. The van der Waals surface area contributed by atoms with E-state index in [0.717, 1.165) is 5.69 Å². The van der Waals surface area contributed by atoms with Crippen LogP contribution in [0.3, 0.4) is 0 Å². The van der Waals surface area contributed by atoms with Crippen molar-refractivity contribution in [2.45, 2.75) is 19.8 Å². The molecule has 2 atom stereocenters. The van der Waals surface area contributed by atoms with Gasteiger partial charge in [-0.1, -0.05) is 48.9 Å². The van der Waals surface area contributed by atoms with Crippen molar-refractivity contribution >= 4 is 5.69 Å². The second kappa shape index (κ2) is 3.93. The van der Waals surface area contributed by atoms with Crippen molar-refractivity contribution in [1.82, 2.24) is 0 Å². The molecule has 0 heterocycles. The molecule has 0 spiro atoms. The lowest BCUT2D eigenvalue weighted by Crippen LogP contribution is -2.13. The van der Waals surface area contributed by atoms with Crippen LogP contribution >= 0.6 is 0 Å². The number of anilines is 1. The van der Waals surface area contributed by atoms with Crippen LogP contribution in [0.25, 0.3) is 0 Å². The third-order valence-corrected chi connectivity index (χ3v) is 3.12. The quantitative estimate of drug-likeness (QED) is 0.688. The normalized spacial score (nSPS) is 25.1. The van der Waals surface area contributed by atoms with Crippen LogP contribution in [0.2, 0.25) is 0 Å². The highest BCUT2D eigenvalue weighted by Crippen LogP contribution is 2.37. The molecule has 0 saturated carbocycles. The molecule has 0 radical (unpaired) electrons.